The third-order valence-corrected chi connectivity index (χ3v) is 2.76. The Hall–Kier alpha value is -1.20. The van der Waals surface area contributed by atoms with Crippen molar-refractivity contribution in [3.8, 4) is 0 Å². The van der Waals surface area contributed by atoms with Gasteiger partial charge in [-0.15, -0.1) is 0 Å². The molecule has 0 amide bonds. The fourth-order valence-electron chi connectivity index (χ4n) is 1.70. The van der Waals surface area contributed by atoms with E-state index in [4.69, 9.17) is 4.74 Å². The van der Waals surface area contributed by atoms with E-state index in [0.29, 0.717) is 37.6 Å². The second-order valence-electron chi connectivity index (χ2n) is 3.96. The number of halogens is 1. The van der Waals surface area contributed by atoms with Crippen molar-refractivity contribution in [1.82, 2.24) is 10.3 Å². The van der Waals surface area contributed by atoms with Crippen molar-refractivity contribution in [1.29, 1.82) is 0 Å². The van der Waals surface area contributed by atoms with Gasteiger partial charge in [-0.05, 0) is 19.5 Å². The number of nitrogens with one attached hydrogen (secondary N) is 1. The smallest absolute Gasteiger partial charge is 0.170 e. The van der Waals surface area contributed by atoms with Crippen molar-refractivity contribution >= 4 is 5.82 Å². The van der Waals surface area contributed by atoms with Crippen molar-refractivity contribution in [3.63, 3.8) is 0 Å². The molecule has 0 radical (unpaired) electrons. The number of ether oxygens (including phenoxy) is 1. The van der Waals surface area contributed by atoms with Gasteiger partial charge in [0.05, 0.1) is 6.61 Å². The predicted molar refractivity (Wildman–Crippen MR) is 71.3 cm³/mol. The maximum absolute atomic E-state index is 14.3. The number of anilines is 1. The number of aromatic nitrogens is 1. The molecule has 0 fully saturated rings. The summed E-state index contributed by atoms with van der Waals surface area (Å²) < 4.78 is 19.3. The first-order valence-corrected chi connectivity index (χ1v) is 6.32. The standard InChI is InChI=1S/C13H22FN3O/c1-4-15-10-11-6-7-16-13(12(11)14)17(5-2)8-9-18-3/h6-7,15H,4-5,8-10H2,1-3H3. The first kappa shape index (κ1) is 14.9. The number of hydrogen-bond donors (Lipinski definition) is 1. The summed E-state index contributed by atoms with van der Waals surface area (Å²) in [7, 11) is 1.64. The number of likely N-dealkylation sites (N-methyl/N-ethyl adjacent to an activating group) is 1. The minimum absolute atomic E-state index is 0.239. The van der Waals surface area contributed by atoms with Gasteiger partial charge in [-0.2, -0.15) is 0 Å². The highest BCUT2D eigenvalue weighted by Gasteiger charge is 2.14. The molecule has 5 heteroatoms. The molecule has 0 bridgehead atoms. The molecule has 0 aliphatic heterocycles. The summed E-state index contributed by atoms with van der Waals surface area (Å²) in [5.74, 6) is 0.168. The Bertz CT molecular complexity index is 360. The molecular weight excluding hydrogens is 233 g/mol. The van der Waals surface area contributed by atoms with Gasteiger partial charge >= 0.3 is 0 Å². The molecule has 0 saturated carbocycles. The molecule has 0 aliphatic carbocycles. The van der Waals surface area contributed by atoms with Crippen LogP contribution in [0.2, 0.25) is 0 Å². The van der Waals surface area contributed by atoms with Crippen molar-refractivity contribution in [2.24, 2.45) is 0 Å². The highest BCUT2D eigenvalue weighted by molar-refractivity contribution is 5.43. The maximum Gasteiger partial charge on any atom is 0.170 e. The molecule has 18 heavy (non-hydrogen) atoms. The van der Waals surface area contributed by atoms with Crippen LogP contribution >= 0.6 is 0 Å². The van der Waals surface area contributed by atoms with Crippen LogP contribution in [0.15, 0.2) is 12.3 Å². The van der Waals surface area contributed by atoms with Gasteiger partial charge in [0, 0.05) is 38.5 Å². The van der Waals surface area contributed by atoms with Gasteiger partial charge in [-0.3, -0.25) is 0 Å². The van der Waals surface area contributed by atoms with E-state index in [9.17, 15) is 4.39 Å². The third-order valence-electron chi connectivity index (χ3n) is 2.76. The van der Waals surface area contributed by atoms with Crippen molar-refractivity contribution in [3.05, 3.63) is 23.6 Å². The monoisotopic (exact) mass is 255 g/mol. The van der Waals surface area contributed by atoms with E-state index in [2.05, 4.69) is 10.3 Å². The first-order chi connectivity index (χ1) is 8.74. The highest BCUT2D eigenvalue weighted by Crippen LogP contribution is 2.19. The van der Waals surface area contributed by atoms with E-state index in [1.54, 1.807) is 19.4 Å². The zero-order valence-corrected chi connectivity index (χ0v) is 11.4. The first-order valence-electron chi connectivity index (χ1n) is 6.32. The normalized spacial score (nSPS) is 10.7. The molecule has 0 aromatic carbocycles. The Labute approximate surface area is 108 Å². The Balaban J connectivity index is 2.86. The molecule has 0 aliphatic rings. The van der Waals surface area contributed by atoms with Crippen LogP contribution in [0, 0.1) is 5.82 Å². The van der Waals surface area contributed by atoms with Crippen molar-refractivity contribution < 1.29 is 9.13 Å². The van der Waals surface area contributed by atoms with Crippen LogP contribution in [0.5, 0.6) is 0 Å². The molecule has 0 unspecified atom stereocenters. The maximum atomic E-state index is 14.3. The third kappa shape index (κ3) is 3.92. The fourth-order valence-corrected chi connectivity index (χ4v) is 1.70. The minimum Gasteiger partial charge on any atom is -0.383 e. The lowest BCUT2D eigenvalue weighted by Crippen LogP contribution is -2.29. The zero-order valence-electron chi connectivity index (χ0n) is 11.4. The average Bonchev–Trinajstić information content (AvgIpc) is 2.40. The summed E-state index contributed by atoms with van der Waals surface area (Å²) in [6.07, 6.45) is 1.65. The minimum atomic E-state index is -0.239. The lowest BCUT2D eigenvalue weighted by Gasteiger charge is -2.22. The predicted octanol–water partition coefficient (Wildman–Crippen LogP) is 1.80. The fraction of sp³-hybridized carbons (Fsp3) is 0.615. The Morgan fingerprint density at radius 1 is 1.44 bits per heavy atom. The molecule has 1 heterocycles. The van der Waals surface area contributed by atoms with E-state index >= 15 is 0 Å². The molecule has 102 valence electrons. The lowest BCUT2D eigenvalue weighted by molar-refractivity contribution is 0.205. The van der Waals surface area contributed by atoms with Gasteiger partial charge < -0.3 is 15.0 Å². The topological polar surface area (TPSA) is 37.4 Å². The zero-order chi connectivity index (χ0) is 13.4. The molecular formula is C13H22FN3O. The number of rotatable bonds is 8. The van der Waals surface area contributed by atoms with Crippen LogP contribution in [0.25, 0.3) is 0 Å². The van der Waals surface area contributed by atoms with Gasteiger partial charge in [0.2, 0.25) is 0 Å². The van der Waals surface area contributed by atoms with E-state index in [1.165, 1.54) is 0 Å². The van der Waals surface area contributed by atoms with Crippen molar-refractivity contribution in [2.75, 3.05) is 38.3 Å². The summed E-state index contributed by atoms with van der Waals surface area (Å²) in [6.45, 7) is 7.23. The molecule has 1 aromatic rings. The lowest BCUT2D eigenvalue weighted by atomic mass is 10.2. The molecule has 0 spiro atoms. The second kappa shape index (κ2) is 8.00. The Morgan fingerprint density at radius 3 is 2.83 bits per heavy atom. The van der Waals surface area contributed by atoms with Gasteiger partial charge in [0.15, 0.2) is 11.6 Å². The Kier molecular flexibility index (Phi) is 6.60. The van der Waals surface area contributed by atoms with Gasteiger partial charge in [0.25, 0.3) is 0 Å². The van der Waals surface area contributed by atoms with Crippen LogP contribution in [-0.4, -0.2) is 38.3 Å². The average molecular weight is 255 g/mol. The molecule has 0 atom stereocenters. The largest absolute Gasteiger partial charge is 0.383 e. The molecule has 4 nitrogen and oxygen atoms in total. The number of nitrogens with zero attached hydrogens (tertiary/aromatic N) is 2. The van der Waals surface area contributed by atoms with E-state index < -0.39 is 0 Å². The number of pyridine rings is 1. The second-order valence-corrected chi connectivity index (χ2v) is 3.96. The molecule has 1 N–H and O–H groups in total. The van der Waals surface area contributed by atoms with E-state index in [-0.39, 0.29) is 5.82 Å². The molecule has 1 aromatic heterocycles. The van der Waals surface area contributed by atoms with Crippen LogP contribution in [-0.2, 0) is 11.3 Å². The summed E-state index contributed by atoms with van der Waals surface area (Å²) >= 11 is 0. The molecule has 1 rings (SSSR count). The summed E-state index contributed by atoms with van der Waals surface area (Å²) in [5, 5.41) is 3.12. The summed E-state index contributed by atoms with van der Waals surface area (Å²) in [5.41, 5.74) is 0.651. The van der Waals surface area contributed by atoms with Crippen LogP contribution < -0.4 is 10.2 Å². The SMILES string of the molecule is CCNCc1ccnc(N(CC)CCOC)c1F. The van der Waals surface area contributed by atoms with Crippen LogP contribution in [0.1, 0.15) is 19.4 Å². The van der Waals surface area contributed by atoms with Crippen LogP contribution in [0.3, 0.4) is 0 Å². The van der Waals surface area contributed by atoms with Gasteiger partial charge in [-0.1, -0.05) is 6.92 Å². The van der Waals surface area contributed by atoms with Gasteiger partial charge in [-0.25, -0.2) is 9.37 Å². The summed E-state index contributed by atoms with van der Waals surface area (Å²) in [4.78, 5) is 6.02. The quantitative estimate of drug-likeness (QED) is 0.768. The van der Waals surface area contributed by atoms with Gasteiger partial charge in [0.1, 0.15) is 0 Å². The van der Waals surface area contributed by atoms with Crippen LogP contribution in [0.4, 0.5) is 10.2 Å². The number of hydrogen-bond acceptors (Lipinski definition) is 4. The van der Waals surface area contributed by atoms with E-state index in [0.717, 1.165) is 6.54 Å². The molecule has 0 saturated heterocycles. The summed E-state index contributed by atoms with van der Waals surface area (Å²) in [6, 6.07) is 1.71. The Morgan fingerprint density at radius 2 is 2.22 bits per heavy atom. The van der Waals surface area contributed by atoms with Crippen molar-refractivity contribution in [2.45, 2.75) is 20.4 Å². The highest BCUT2D eigenvalue weighted by atomic mass is 19.1. The van der Waals surface area contributed by atoms with E-state index in [1.807, 2.05) is 18.7 Å². The number of methoxy groups -OCH3 is 1.